The van der Waals surface area contributed by atoms with Crippen molar-refractivity contribution in [1.29, 1.82) is 0 Å². The number of hydrogen-bond acceptors (Lipinski definition) is 9. The number of anilines is 2. The zero-order chi connectivity index (χ0) is 32.4. The van der Waals surface area contributed by atoms with Crippen LogP contribution in [0.2, 0.25) is 0 Å². The molecule has 0 saturated heterocycles. The number of carboxylic acids is 1. The minimum Gasteiger partial charge on any atom is -0.748 e. The molecule has 2 aromatic carbocycles. The molecule has 0 unspecified atom stereocenters. The fraction of sp³-hybridized carbons (Fsp3) is 0.419. The number of hydrogen-bond donors (Lipinski definition) is 2. The summed E-state index contributed by atoms with van der Waals surface area (Å²) in [5, 5.41) is 9.77. The van der Waals surface area contributed by atoms with Crippen molar-refractivity contribution in [3.8, 4) is 0 Å². The van der Waals surface area contributed by atoms with Crippen molar-refractivity contribution in [2.45, 2.75) is 69.6 Å². The first kappa shape index (κ1) is 36.9. The number of aliphatic carboxylic acids is 1. The van der Waals surface area contributed by atoms with E-state index in [1.54, 1.807) is 13.0 Å². The summed E-state index contributed by atoms with van der Waals surface area (Å²) in [6.45, 7) is 6.71. The molecule has 1 heterocycles. The quantitative estimate of drug-likeness (QED) is 0.0891. The number of fused-ring (bicyclic) bond motifs is 2. The van der Waals surface area contributed by atoms with Gasteiger partial charge in [-0.15, -0.1) is 0 Å². The molecule has 1 aromatic heterocycles. The van der Waals surface area contributed by atoms with Crippen molar-refractivity contribution in [3.63, 3.8) is 0 Å². The Balaban J connectivity index is 0.00000552. The van der Waals surface area contributed by atoms with Crippen LogP contribution in [0.1, 0.15) is 74.8 Å². The van der Waals surface area contributed by atoms with Crippen LogP contribution in [0.4, 0.5) is 11.4 Å². The van der Waals surface area contributed by atoms with Crippen molar-refractivity contribution in [1.82, 2.24) is 0 Å². The Morgan fingerprint density at radius 3 is 2.36 bits per heavy atom. The Morgan fingerprint density at radius 1 is 1.02 bits per heavy atom. The average Bonchev–Trinajstić information content (AvgIpc) is 2.90. The number of nitrogens with zero attached hydrogens (tertiary/aromatic N) is 1. The molecule has 0 aliphatic heterocycles. The van der Waals surface area contributed by atoms with Gasteiger partial charge in [0.1, 0.15) is 10.1 Å². The molecular weight excluding hydrogens is 631 g/mol. The van der Waals surface area contributed by atoms with Gasteiger partial charge in [0.2, 0.25) is 0 Å². The summed E-state index contributed by atoms with van der Waals surface area (Å²) in [6, 6.07) is 10.6. The molecule has 1 aliphatic carbocycles. The van der Waals surface area contributed by atoms with Crippen molar-refractivity contribution < 1.29 is 69.8 Å². The molecule has 0 saturated carbocycles. The van der Waals surface area contributed by atoms with Gasteiger partial charge in [0.25, 0.3) is 0 Å². The molecule has 14 heteroatoms. The summed E-state index contributed by atoms with van der Waals surface area (Å²) < 4.78 is 75.0. The number of nitrogen functional groups attached to an aromatic ring is 1. The predicted molar refractivity (Wildman–Crippen MR) is 167 cm³/mol. The van der Waals surface area contributed by atoms with Crippen LogP contribution in [-0.2, 0) is 30.4 Å². The third-order valence-electron chi connectivity index (χ3n) is 8.05. The Morgan fingerprint density at radius 2 is 1.71 bits per heavy atom. The fourth-order valence-electron chi connectivity index (χ4n) is 5.74. The van der Waals surface area contributed by atoms with Crippen LogP contribution >= 0.6 is 0 Å². The molecule has 0 atom stereocenters. The van der Waals surface area contributed by atoms with E-state index in [1.165, 1.54) is 6.07 Å². The Hall–Kier alpha value is -2.52. The van der Waals surface area contributed by atoms with E-state index >= 15 is 0 Å². The van der Waals surface area contributed by atoms with E-state index in [1.807, 2.05) is 29.2 Å². The van der Waals surface area contributed by atoms with Gasteiger partial charge < -0.3 is 24.8 Å². The molecule has 3 N–H and O–H groups in total. The smallest absolute Gasteiger partial charge is 0.748 e. The normalized spacial score (nSPS) is 14.4. The van der Waals surface area contributed by atoms with Gasteiger partial charge in [0.05, 0.1) is 37.7 Å². The summed E-state index contributed by atoms with van der Waals surface area (Å²) in [7, 11) is -9.08. The van der Waals surface area contributed by atoms with E-state index in [4.69, 9.17) is 15.3 Å². The first-order chi connectivity index (χ1) is 20.5. The van der Waals surface area contributed by atoms with Gasteiger partial charge in [0, 0.05) is 42.4 Å². The van der Waals surface area contributed by atoms with E-state index in [0.29, 0.717) is 55.7 Å². The molecule has 3 aromatic rings. The van der Waals surface area contributed by atoms with E-state index in [2.05, 4.69) is 19.9 Å². The van der Waals surface area contributed by atoms with Gasteiger partial charge in [-0.25, -0.2) is 21.3 Å². The van der Waals surface area contributed by atoms with Crippen molar-refractivity contribution >= 4 is 60.2 Å². The molecule has 238 valence electrons. The third kappa shape index (κ3) is 9.28. The standard InChI is InChI=1S/C31H38N2O9S2.Na/c1-20-24(11-12-28(30(20)32)44(39,40)41)22-17-27-25(31(2,3)19-22)16-21-9-10-23(18-26(21)42-27)33(14-7-15-43(36,37)38)13-6-4-5-8-29(34)35;/h9-12,16-18H,4-8,13-15,19,32H2,1-3H3,(H2-,34,35,36,37,38,39,40,41);/q;+1/p-1. The average molecular weight is 669 g/mol. The maximum Gasteiger partial charge on any atom is 1.00 e. The van der Waals surface area contributed by atoms with Crippen molar-refractivity contribution in [2.75, 3.05) is 29.5 Å². The molecule has 0 radical (unpaired) electrons. The van der Waals surface area contributed by atoms with Gasteiger partial charge in [-0.2, -0.15) is 0 Å². The number of allylic oxidation sites excluding steroid dienone is 1. The zero-order valence-corrected chi connectivity index (χ0v) is 29.6. The number of nitrogens with two attached hydrogens (primary N) is 1. The topological polar surface area (TPSA) is 192 Å². The predicted octanol–water partition coefficient (Wildman–Crippen LogP) is 2.12. The number of carboxylic acid groups (broad SMARTS) is 1. The van der Waals surface area contributed by atoms with Crippen LogP contribution in [0.25, 0.3) is 22.6 Å². The first-order valence-electron chi connectivity index (χ1n) is 14.3. The number of benzene rings is 2. The molecule has 0 spiro atoms. The molecule has 0 fully saturated rings. The maximum atomic E-state index is 11.6. The molecular formula is C31H37N2NaO9S2. The number of carbonyl (C=O) groups is 1. The van der Waals surface area contributed by atoms with Crippen LogP contribution in [0.3, 0.4) is 0 Å². The van der Waals surface area contributed by atoms with Crippen molar-refractivity contribution in [2.24, 2.45) is 0 Å². The Bertz CT molecular complexity index is 1840. The molecule has 4 rings (SSSR count). The summed E-state index contributed by atoms with van der Waals surface area (Å²) in [6.07, 6.45) is 4.64. The second-order valence-corrected chi connectivity index (χ2v) is 14.8. The summed E-state index contributed by atoms with van der Waals surface area (Å²) in [5.74, 6) is -0.715. The zero-order valence-electron chi connectivity index (χ0n) is 26.0. The van der Waals surface area contributed by atoms with E-state index in [0.717, 1.165) is 27.8 Å². The van der Waals surface area contributed by atoms with E-state index in [9.17, 15) is 30.7 Å². The number of rotatable bonds is 13. The van der Waals surface area contributed by atoms with Crippen LogP contribution in [-0.4, -0.2) is 55.9 Å². The second kappa shape index (κ2) is 14.5. The van der Waals surface area contributed by atoms with Gasteiger partial charge in [-0.3, -0.25) is 4.79 Å². The van der Waals surface area contributed by atoms with Gasteiger partial charge in [-0.1, -0.05) is 26.3 Å². The van der Waals surface area contributed by atoms with Crippen molar-refractivity contribution in [3.05, 3.63) is 58.8 Å². The SMILES string of the molecule is Cc1c(C2=Cc3[o+]c4cc(N(CCCCCC(=O)O)CCCS(=O)(=O)[O-])ccc4cc3C(C)(C)C2)ccc(S(=O)(=O)[O-])c1N.[Na+]. The number of unbranched alkanes of at least 4 members (excludes halogenated alkanes) is 2. The largest absolute Gasteiger partial charge is 1.00 e. The summed E-state index contributed by atoms with van der Waals surface area (Å²) in [5.41, 5.74) is 10.1. The van der Waals surface area contributed by atoms with Crippen LogP contribution in [0.15, 0.2) is 45.7 Å². The van der Waals surface area contributed by atoms with Gasteiger partial charge >= 0.3 is 46.9 Å². The Kier molecular flexibility index (Phi) is 11.9. The van der Waals surface area contributed by atoms with Crippen LogP contribution in [0.5, 0.6) is 0 Å². The van der Waals surface area contributed by atoms with E-state index in [-0.39, 0.29) is 53.5 Å². The Labute approximate surface area is 286 Å². The third-order valence-corrected chi connectivity index (χ3v) is 9.73. The van der Waals surface area contributed by atoms with Crippen LogP contribution in [0, 0.1) is 6.92 Å². The molecule has 45 heavy (non-hydrogen) atoms. The fourth-order valence-corrected chi connectivity index (χ4v) is 6.88. The summed E-state index contributed by atoms with van der Waals surface area (Å²) >= 11 is 0. The molecule has 0 amide bonds. The first-order valence-corrected chi connectivity index (χ1v) is 17.3. The van der Waals surface area contributed by atoms with E-state index < -0.39 is 36.9 Å². The van der Waals surface area contributed by atoms with Gasteiger partial charge in [0.15, 0.2) is 0 Å². The monoisotopic (exact) mass is 668 g/mol. The summed E-state index contributed by atoms with van der Waals surface area (Å²) in [4.78, 5) is 12.4. The maximum absolute atomic E-state index is 11.6. The molecule has 0 bridgehead atoms. The molecule has 11 nitrogen and oxygen atoms in total. The van der Waals surface area contributed by atoms with Gasteiger partial charge in [-0.05, 0) is 73.6 Å². The second-order valence-electron chi connectivity index (χ2n) is 11.9. The molecule has 1 aliphatic rings. The van der Waals surface area contributed by atoms with Crippen LogP contribution < -0.4 is 40.2 Å². The minimum atomic E-state index is -4.72. The minimum absolute atomic E-state index is 0.